The summed E-state index contributed by atoms with van der Waals surface area (Å²) in [4.78, 5) is 11.0. The van der Waals surface area contributed by atoms with Gasteiger partial charge in [0.25, 0.3) is 5.91 Å². The predicted molar refractivity (Wildman–Crippen MR) is 48.3 cm³/mol. The van der Waals surface area contributed by atoms with Gasteiger partial charge in [-0.1, -0.05) is 20.4 Å². The Morgan fingerprint density at radius 1 is 1.62 bits per heavy atom. The van der Waals surface area contributed by atoms with Crippen LogP contribution in [-0.4, -0.2) is 18.9 Å². The standard InChI is InChI=1S/C7H13NO4S/c1-4-5(2)6(3)7(9)8-13(10,11)12/h5H,3-4H2,1-2H3,(H,8,9)(H,10,11,12). The summed E-state index contributed by atoms with van der Waals surface area (Å²) in [6, 6.07) is 0. The summed E-state index contributed by atoms with van der Waals surface area (Å²) in [5.74, 6) is -0.974. The van der Waals surface area contributed by atoms with Crippen molar-refractivity contribution in [1.29, 1.82) is 0 Å². The molecule has 0 radical (unpaired) electrons. The molecule has 0 aliphatic heterocycles. The molecule has 2 N–H and O–H groups in total. The molecular formula is C7H13NO4S. The van der Waals surface area contributed by atoms with Gasteiger partial charge in [-0.25, -0.2) is 4.72 Å². The van der Waals surface area contributed by atoms with Crippen LogP contribution in [0.5, 0.6) is 0 Å². The SMILES string of the molecule is C=C(C(=O)NS(=O)(=O)O)C(C)CC. The first-order chi connectivity index (χ1) is 5.78. The average Bonchev–Trinajstić information content (AvgIpc) is 1.98. The molecule has 0 aromatic carbocycles. The van der Waals surface area contributed by atoms with Gasteiger partial charge in [0, 0.05) is 5.57 Å². The molecular weight excluding hydrogens is 194 g/mol. The van der Waals surface area contributed by atoms with E-state index in [9.17, 15) is 13.2 Å². The summed E-state index contributed by atoms with van der Waals surface area (Å²) in [6.07, 6.45) is 0.678. The minimum atomic E-state index is -4.47. The Bertz CT molecular complexity index is 306. The molecule has 0 heterocycles. The van der Waals surface area contributed by atoms with Gasteiger partial charge >= 0.3 is 10.3 Å². The van der Waals surface area contributed by atoms with Crippen molar-refractivity contribution >= 4 is 16.2 Å². The Morgan fingerprint density at radius 3 is 2.38 bits per heavy atom. The molecule has 0 fully saturated rings. The lowest BCUT2D eigenvalue weighted by atomic mass is 10.00. The average molecular weight is 207 g/mol. The van der Waals surface area contributed by atoms with E-state index in [-0.39, 0.29) is 11.5 Å². The molecule has 0 saturated carbocycles. The lowest BCUT2D eigenvalue weighted by Gasteiger charge is -2.10. The molecule has 0 saturated heterocycles. The molecule has 0 aromatic rings. The maximum Gasteiger partial charge on any atom is 0.359 e. The third kappa shape index (κ3) is 4.64. The van der Waals surface area contributed by atoms with Gasteiger partial charge in [0.2, 0.25) is 0 Å². The van der Waals surface area contributed by atoms with E-state index >= 15 is 0 Å². The van der Waals surface area contributed by atoms with Gasteiger partial charge in [-0.15, -0.1) is 0 Å². The summed E-state index contributed by atoms with van der Waals surface area (Å²) >= 11 is 0. The number of carbonyl (C=O) groups is 1. The molecule has 0 aliphatic rings. The van der Waals surface area contributed by atoms with Crippen LogP contribution in [0.1, 0.15) is 20.3 Å². The highest BCUT2D eigenvalue weighted by atomic mass is 32.2. The van der Waals surface area contributed by atoms with E-state index < -0.39 is 16.2 Å². The van der Waals surface area contributed by atoms with Crippen LogP contribution < -0.4 is 4.72 Å². The monoisotopic (exact) mass is 207 g/mol. The number of hydrogen-bond acceptors (Lipinski definition) is 3. The van der Waals surface area contributed by atoms with Crippen LogP contribution in [0.3, 0.4) is 0 Å². The Morgan fingerprint density at radius 2 is 2.08 bits per heavy atom. The number of amides is 1. The minimum absolute atomic E-state index is 0.109. The third-order valence-corrected chi connectivity index (χ3v) is 2.16. The van der Waals surface area contributed by atoms with Crippen molar-refractivity contribution in [3.63, 3.8) is 0 Å². The quantitative estimate of drug-likeness (QED) is 0.519. The van der Waals surface area contributed by atoms with Gasteiger partial charge in [-0.3, -0.25) is 9.35 Å². The van der Waals surface area contributed by atoms with Gasteiger partial charge in [0.15, 0.2) is 0 Å². The highest BCUT2D eigenvalue weighted by Gasteiger charge is 2.17. The van der Waals surface area contributed by atoms with E-state index in [1.807, 2.05) is 6.92 Å². The second kappa shape index (κ2) is 4.38. The second-order valence-corrected chi connectivity index (χ2v) is 3.90. The molecule has 13 heavy (non-hydrogen) atoms. The molecule has 1 atom stereocenters. The molecule has 76 valence electrons. The fourth-order valence-electron chi connectivity index (χ4n) is 0.653. The van der Waals surface area contributed by atoms with Crippen LogP contribution in [0, 0.1) is 5.92 Å². The maximum absolute atomic E-state index is 11.0. The van der Waals surface area contributed by atoms with Gasteiger partial charge in [0.1, 0.15) is 0 Å². The predicted octanol–water partition coefficient (Wildman–Crippen LogP) is 0.508. The Labute approximate surface area is 77.7 Å². The molecule has 0 rings (SSSR count). The highest BCUT2D eigenvalue weighted by Crippen LogP contribution is 2.11. The Hall–Kier alpha value is -0.880. The molecule has 1 unspecified atom stereocenters. The molecule has 0 bridgehead atoms. The van der Waals surface area contributed by atoms with Crippen LogP contribution in [-0.2, 0) is 15.1 Å². The normalized spacial score (nSPS) is 13.5. The van der Waals surface area contributed by atoms with E-state index in [0.717, 1.165) is 0 Å². The zero-order chi connectivity index (χ0) is 10.6. The van der Waals surface area contributed by atoms with Crippen LogP contribution in [0.2, 0.25) is 0 Å². The fourth-order valence-corrected chi connectivity index (χ4v) is 1.02. The van der Waals surface area contributed by atoms with Crippen LogP contribution in [0.4, 0.5) is 0 Å². The van der Waals surface area contributed by atoms with E-state index in [4.69, 9.17) is 4.55 Å². The van der Waals surface area contributed by atoms with Crippen LogP contribution in [0.25, 0.3) is 0 Å². The van der Waals surface area contributed by atoms with Crippen molar-refractivity contribution in [2.45, 2.75) is 20.3 Å². The summed E-state index contributed by atoms with van der Waals surface area (Å²) in [5.41, 5.74) is 0.139. The van der Waals surface area contributed by atoms with Crippen molar-refractivity contribution in [3.05, 3.63) is 12.2 Å². The van der Waals surface area contributed by atoms with E-state index in [0.29, 0.717) is 6.42 Å². The lowest BCUT2D eigenvalue weighted by Crippen LogP contribution is -2.32. The van der Waals surface area contributed by atoms with Crippen molar-refractivity contribution < 1.29 is 17.8 Å². The summed E-state index contributed by atoms with van der Waals surface area (Å²) in [5, 5.41) is 0. The van der Waals surface area contributed by atoms with Crippen molar-refractivity contribution in [2.75, 3.05) is 0 Å². The van der Waals surface area contributed by atoms with Gasteiger partial charge < -0.3 is 0 Å². The van der Waals surface area contributed by atoms with Crippen LogP contribution in [0.15, 0.2) is 12.2 Å². The van der Waals surface area contributed by atoms with Crippen LogP contribution >= 0.6 is 0 Å². The second-order valence-electron chi connectivity index (χ2n) is 2.74. The number of carbonyl (C=O) groups excluding carboxylic acids is 1. The van der Waals surface area contributed by atoms with E-state index in [2.05, 4.69) is 6.58 Å². The van der Waals surface area contributed by atoms with Crippen molar-refractivity contribution in [2.24, 2.45) is 5.92 Å². The zero-order valence-electron chi connectivity index (χ0n) is 7.57. The lowest BCUT2D eigenvalue weighted by molar-refractivity contribution is -0.116. The van der Waals surface area contributed by atoms with Gasteiger partial charge in [0.05, 0.1) is 0 Å². The fraction of sp³-hybridized carbons (Fsp3) is 0.571. The number of hydrogen-bond donors (Lipinski definition) is 2. The molecule has 6 heteroatoms. The van der Waals surface area contributed by atoms with Crippen molar-refractivity contribution in [3.8, 4) is 0 Å². The maximum atomic E-state index is 11.0. The molecule has 0 spiro atoms. The molecule has 5 nitrogen and oxygen atoms in total. The largest absolute Gasteiger partial charge is 0.359 e. The number of rotatable bonds is 4. The number of nitrogens with one attached hydrogen (secondary N) is 1. The smallest absolute Gasteiger partial charge is 0.269 e. The molecule has 0 aliphatic carbocycles. The van der Waals surface area contributed by atoms with Gasteiger partial charge in [-0.05, 0) is 12.3 Å². The topological polar surface area (TPSA) is 83.5 Å². The van der Waals surface area contributed by atoms with E-state index in [1.165, 1.54) is 4.72 Å². The third-order valence-electron chi connectivity index (χ3n) is 1.72. The molecule has 1 amide bonds. The summed E-state index contributed by atoms with van der Waals surface area (Å²) in [7, 11) is -4.47. The highest BCUT2D eigenvalue weighted by molar-refractivity contribution is 7.84. The summed E-state index contributed by atoms with van der Waals surface area (Å²) < 4.78 is 30.2. The Balaban J connectivity index is 4.38. The first kappa shape index (κ1) is 12.1. The Kier molecular flexibility index (Phi) is 4.09. The first-order valence-corrected chi connectivity index (χ1v) is 5.20. The summed E-state index contributed by atoms with van der Waals surface area (Å²) in [6.45, 7) is 7.01. The van der Waals surface area contributed by atoms with Crippen molar-refractivity contribution in [1.82, 2.24) is 4.72 Å². The molecule has 0 aromatic heterocycles. The minimum Gasteiger partial charge on any atom is -0.269 e. The first-order valence-electron chi connectivity index (χ1n) is 3.76. The zero-order valence-corrected chi connectivity index (χ0v) is 8.39. The van der Waals surface area contributed by atoms with Gasteiger partial charge in [-0.2, -0.15) is 8.42 Å². The van der Waals surface area contributed by atoms with E-state index in [1.54, 1.807) is 6.92 Å².